The van der Waals surface area contributed by atoms with Crippen LogP contribution in [0.15, 0.2) is 24.3 Å². The van der Waals surface area contributed by atoms with Crippen molar-refractivity contribution in [1.29, 1.82) is 0 Å². The minimum absolute atomic E-state index is 0.0542. The summed E-state index contributed by atoms with van der Waals surface area (Å²) in [5.41, 5.74) is 6.63. The highest BCUT2D eigenvalue weighted by Crippen LogP contribution is 2.11. The molecule has 1 rings (SSSR count). The van der Waals surface area contributed by atoms with Crippen molar-refractivity contribution in [3.05, 3.63) is 29.8 Å². The first kappa shape index (κ1) is 17.5. The average Bonchev–Trinajstić information content (AvgIpc) is 2.46. The molecule has 0 bridgehead atoms. The second-order valence-electron chi connectivity index (χ2n) is 5.63. The van der Waals surface area contributed by atoms with Gasteiger partial charge in [0, 0.05) is 19.6 Å². The van der Waals surface area contributed by atoms with Crippen molar-refractivity contribution in [3.63, 3.8) is 0 Å². The van der Waals surface area contributed by atoms with Crippen molar-refractivity contribution in [2.24, 2.45) is 11.7 Å². The Labute approximate surface area is 127 Å². The van der Waals surface area contributed by atoms with E-state index < -0.39 is 0 Å². The molecule has 5 heteroatoms. The predicted molar refractivity (Wildman–Crippen MR) is 85.2 cm³/mol. The quantitative estimate of drug-likeness (QED) is 0.718. The largest absolute Gasteiger partial charge is 0.492 e. The topological polar surface area (TPSA) is 67.6 Å². The molecular formula is C16H27N3O2. The maximum Gasteiger partial charge on any atom is 0.234 e. The summed E-state index contributed by atoms with van der Waals surface area (Å²) in [6, 6.07) is 7.74. The summed E-state index contributed by atoms with van der Waals surface area (Å²) in [5, 5.41) is 2.90. The summed E-state index contributed by atoms with van der Waals surface area (Å²) in [4.78, 5) is 13.6. The number of hydrogen-bond acceptors (Lipinski definition) is 4. The lowest BCUT2D eigenvalue weighted by Crippen LogP contribution is -2.38. The van der Waals surface area contributed by atoms with E-state index in [9.17, 15) is 4.79 Å². The van der Waals surface area contributed by atoms with Gasteiger partial charge in [-0.15, -0.1) is 0 Å². The van der Waals surface area contributed by atoms with Crippen LogP contribution in [0.25, 0.3) is 0 Å². The highest BCUT2D eigenvalue weighted by Gasteiger charge is 2.06. The van der Waals surface area contributed by atoms with Gasteiger partial charge in [-0.3, -0.25) is 9.69 Å². The van der Waals surface area contributed by atoms with E-state index in [0.29, 0.717) is 32.2 Å². The number of ether oxygens (including phenoxy) is 1. The highest BCUT2D eigenvalue weighted by molar-refractivity contribution is 5.77. The maximum atomic E-state index is 11.7. The van der Waals surface area contributed by atoms with Gasteiger partial charge in [0.25, 0.3) is 0 Å². The fourth-order valence-electron chi connectivity index (χ4n) is 1.74. The van der Waals surface area contributed by atoms with E-state index >= 15 is 0 Å². The molecule has 118 valence electrons. The lowest BCUT2D eigenvalue weighted by Gasteiger charge is -2.17. The normalized spacial score (nSPS) is 11.0. The standard InChI is InChI=1S/C16H27N3O2/c1-13(2)11-18-16(20)12-19(3)8-9-21-15-6-4-14(10-17)5-7-15/h4-7,13H,8-12,17H2,1-3H3,(H,18,20). The lowest BCUT2D eigenvalue weighted by atomic mass is 10.2. The number of benzene rings is 1. The molecule has 0 aromatic heterocycles. The fraction of sp³-hybridized carbons (Fsp3) is 0.562. The Morgan fingerprint density at radius 1 is 1.33 bits per heavy atom. The van der Waals surface area contributed by atoms with E-state index in [0.717, 1.165) is 17.9 Å². The van der Waals surface area contributed by atoms with Gasteiger partial charge in [0.1, 0.15) is 12.4 Å². The van der Waals surface area contributed by atoms with E-state index in [-0.39, 0.29) is 5.91 Å². The molecule has 5 nitrogen and oxygen atoms in total. The van der Waals surface area contributed by atoms with E-state index in [1.807, 2.05) is 36.2 Å². The molecule has 0 heterocycles. The van der Waals surface area contributed by atoms with Crippen LogP contribution in [-0.2, 0) is 11.3 Å². The fourth-order valence-corrected chi connectivity index (χ4v) is 1.74. The Hall–Kier alpha value is -1.59. The van der Waals surface area contributed by atoms with Crippen LogP contribution in [-0.4, -0.2) is 44.1 Å². The van der Waals surface area contributed by atoms with Crippen LogP contribution < -0.4 is 15.8 Å². The molecule has 3 N–H and O–H groups in total. The summed E-state index contributed by atoms with van der Waals surface area (Å²) in [5.74, 6) is 1.35. The van der Waals surface area contributed by atoms with E-state index in [2.05, 4.69) is 19.2 Å². The van der Waals surface area contributed by atoms with Gasteiger partial charge in [0.2, 0.25) is 5.91 Å². The second kappa shape index (κ2) is 9.37. The van der Waals surface area contributed by atoms with E-state index in [4.69, 9.17) is 10.5 Å². The molecule has 0 spiro atoms. The van der Waals surface area contributed by atoms with Gasteiger partial charge in [0.15, 0.2) is 0 Å². The summed E-state index contributed by atoms with van der Waals surface area (Å²) in [6.07, 6.45) is 0. The van der Waals surface area contributed by atoms with Crippen molar-refractivity contribution in [2.45, 2.75) is 20.4 Å². The van der Waals surface area contributed by atoms with Gasteiger partial charge >= 0.3 is 0 Å². The van der Waals surface area contributed by atoms with Crippen LogP contribution >= 0.6 is 0 Å². The lowest BCUT2D eigenvalue weighted by molar-refractivity contribution is -0.122. The van der Waals surface area contributed by atoms with Crippen LogP contribution in [0, 0.1) is 5.92 Å². The van der Waals surface area contributed by atoms with Gasteiger partial charge in [0.05, 0.1) is 6.54 Å². The molecule has 21 heavy (non-hydrogen) atoms. The minimum atomic E-state index is 0.0542. The molecule has 1 aromatic rings. The molecule has 0 aliphatic carbocycles. The zero-order chi connectivity index (χ0) is 15.7. The van der Waals surface area contributed by atoms with Crippen molar-refractivity contribution in [3.8, 4) is 5.75 Å². The maximum absolute atomic E-state index is 11.7. The number of amides is 1. The predicted octanol–water partition coefficient (Wildman–Crippen LogP) is 1.23. The van der Waals surface area contributed by atoms with Gasteiger partial charge in [-0.2, -0.15) is 0 Å². The van der Waals surface area contributed by atoms with Crippen LogP contribution in [0.1, 0.15) is 19.4 Å². The van der Waals surface area contributed by atoms with E-state index in [1.54, 1.807) is 0 Å². The number of nitrogens with two attached hydrogens (primary N) is 1. The highest BCUT2D eigenvalue weighted by atomic mass is 16.5. The third-order valence-electron chi connectivity index (χ3n) is 3.02. The Bertz CT molecular complexity index is 418. The molecule has 0 aliphatic heterocycles. The molecule has 1 amide bonds. The summed E-state index contributed by atoms with van der Waals surface area (Å²) in [6.45, 7) is 7.05. The zero-order valence-electron chi connectivity index (χ0n) is 13.3. The number of carbonyl (C=O) groups excluding carboxylic acids is 1. The third kappa shape index (κ3) is 7.68. The van der Waals surface area contributed by atoms with Crippen LogP contribution in [0.2, 0.25) is 0 Å². The third-order valence-corrected chi connectivity index (χ3v) is 3.02. The Morgan fingerprint density at radius 2 is 2.00 bits per heavy atom. The van der Waals surface area contributed by atoms with Crippen molar-refractivity contribution in [2.75, 3.05) is 33.3 Å². The van der Waals surface area contributed by atoms with Crippen molar-refractivity contribution in [1.82, 2.24) is 10.2 Å². The van der Waals surface area contributed by atoms with Crippen LogP contribution in [0.3, 0.4) is 0 Å². The van der Waals surface area contributed by atoms with E-state index in [1.165, 1.54) is 0 Å². The number of likely N-dealkylation sites (N-methyl/N-ethyl adjacent to an activating group) is 1. The molecule has 0 aliphatic rings. The van der Waals surface area contributed by atoms with Crippen LogP contribution in [0.4, 0.5) is 0 Å². The van der Waals surface area contributed by atoms with Crippen LogP contribution in [0.5, 0.6) is 5.75 Å². The molecule has 1 aromatic carbocycles. The molecular weight excluding hydrogens is 266 g/mol. The smallest absolute Gasteiger partial charge is 0.234 e. The van der Waals surface area contributed by atoms with Crippen molar-refractivity contribution >= 4 is 5.91 Å². The summed E-state index contributed by atoms with van der Waals surface area (Å²) < 4.78 is 5.64. The first-order chi connectivity index (χ1) is 10.0. The number of nitrogens with one attached hydrogen (secondary N) is 1. The summed E-state index contributed by atoms with van der Waals surface area (Å²) in [7, 11) is 1.91. The second-order valence-corrected chi connectivity index (χ2v) is 5.63. The molecule has 0 radical (unpaired) electrons. The van der Waals surface area contributed by atoms with Crippen molar-refractivity contribution < 1.29 is 9.53 Å². The molecule has 0 atom stereocenters. The number of hydrogen-bond donors (Lipinski definition) is 2. The average molecular weight is 293 g/mol. The zero-order valence-corrected chi connectivity index (χ0v) is 13.3. The monoisotopic (exact) mass is 293 g/mol. The Balaban J connectivity index is 2.20. The molecule has 0 saturated heterocycles. The molecule has 0 saturated carbocycles. The van der Waals surface area contributed by atoms with Gasteiger partial charge < -0.3 is 15.8 Å². The summed E-state index contributed by atoms with van der Waals surface area (Å²) >= 11 is 0. The molecule has 0 unspecified atom stereocenters. The minimum Gasteiger partial charge on any atom is -0.492 e. The Morgan fingerprint density at radius 3 is 2.57 bits per heavy atom. The first-order valence-corrected chi connectivity index (χ1v) is 7.38. The van der Waals surface area contributed by atoms with Gasteiger partial charge in [-0.05, 0) is 30.7 Å². The number of rotatable bonds is 9. The Kier molecular flexibility index (Phi) is 7.79. The number of nitrogens with zero attached hydrogens (tertiary/aromatic N) is 1. The SMILES string of the molecule is CC(C)CNC(=O)CN(C)CCOc1ccc(CN)cc1. The number of carbonyl (C=O) groups is 1. The molecule has 0 fully saturated rings. The first-order valence-electron chi connectivity index (χ1n) is 7.38. The van der Waals surface area contributed by atoms with Gasteiger partial charge in [-0.1, -0.05) is 26.0 Å². The van der Waals surface area contributed by atoms with Gasteiger partial charge in [-0.25, -0.2) is 0 Å².